The van der Waals surface area contributed by atoms with Gasteiger partial charge in [0, 0.05) is 25.0 Å². The molecule has 0 radical (unpaired) electrons. The molecule has 30 heavy (non-hydrogen) atoms. The molecule has 3 aromatic rings. The number of nitrogens with zero attached hydrogens (tertiary/aromatic N) is 4. The predicted molar refractivity (Wildman–Crippen MR) is 123 cm³/mol. The lowest BCUT2D eigenvalue weighted by Gasteiger charge is -2.22. The summed E-state index contributed by atoms with van der Waals surface area (Å²) in [6, 6.07) is 7.79. The van der Waals surface area contributed by atoms with Crippen LogP contribution in [0.15, 0.2) is 43.5 Å². The Morgan fingerprint density at radius 2 is 1.90 bits per heavy atom. The molecule has 1 aromatic carbocycles. The van der Waals surface area contributed by atoms with Gasteiger partial charge in [0.15, 0.2) is 16.3 Å². The van der Waals surface area contributed by atoms with Crippen molar-refractivity contribution in [2.24, 2.45) is 14.1 Å². The fourth-order valence-electron chi connectivity index (χ4n) is 3.28. The van der Waals surface area contributed by atoms with Crippen LogP contribution in [0.1, 0.15) is 39.2 Å². The summed E-state index contributed by atoms with van der Waals surface area (Å²) in [6.07, 6.45) is 1.25. The number of thioether (sulfide) groups is 1. The Kier molecular flexibility index (Phi) is 6.43. The topological polar surface area (TPSA) is 78.9 Å². The molecule has 0 fully saturated rings. The summed E-state index contributed by atoms with van der Waals surface area (Å²) >= 11 is 4.81. The number of carbonyl (C=O) groups excluding carboxylic acids is 1. The number of hydrogen-bond donors (Lipinski definition) is 0. The molecule has 0 atom stereocenters. The normalized spacial score (nSPS) is 11.9. The van der Waals surface area contributed by atoms with E-state index in [1.54, 1.807) is 7.05 Å². The maximum Gasteiger partial charge on any atom is 0.332 e. The molecule has 3 rings (SSSR count). The molecule has 0 saturated carbocycles. The highest BCUT2D eigenvalue weighted by atomic mass is 79.9. The van der Waals surface area contributed by atoms with Crippen LogP contribution in [0.4, 0.5) is 0 Å². The first-order valence-corrected chi connectivity index (χ1v) is 11.3. The number of imidazole rings is 1. The summed E-state index contributed by atoms with van der Waals surface area (Å²) in [5, 5.41) is 0.540. The molecule has 0 aliphatic rings. The van der Waals surface area contributed by atoms with Crippen LogP contribution in [0.3, 0.4) is 0 Å². The van der Waals surface area contributed by atoms with Gasteiger partial charge in [-0.2, -0.15) is 0 Å². The highest BCUT2D eigenvalue weighted by Crippen LogP contribution is 2.35. The van der Waals surface area contributed by atoms with E-state index < -0.39 is 16.0 Å². The molecule has 0 bridgehead atoms. The third-order valence-corrected chi connectivity index (χ3v) is 6.76. The number of aryl methyl sites for hydroxylation is 1. The summed E-state index contributed by atoms with van der Waals surface area (Å²) < 4.78 is 4.49. The van der Waals surface area contributed by atoms with Gasteiger partial charge in [-0.1, -0.05) is 46.7 Å². The van der Waals surface area contributed by atoms with Gasteiger partial charge in [-0.3, -0.25) is 18.7 Å². The van der Waals surface area contributed by atoms with Crippen molar-refractivity contribution in [3.63, 3.8) is 0 Å². The third-order valence-electron chi connectivity index (χ3n) is 5.04. The van der Waals surface area contributed by atoms with E-state index in [-0.39, 0.29) is 5.78 Å². The Bertz CT molecular complexity index is 1240. The fourth-order valence-corrected chi connectivity index (χ4v) is 4.80. The average Bonchev–Trinajstić information content (AvgIpc) is 3.02. The number of aromatic nitrogens is 4. The second-order valence-electron chi connectivity index (χ2n) is 7.77. The summed E-state index contributed by atoms with van der Waals surface area (Å²) in [6.45, 7) is 6.11. The minimum atomic E-state index is -0.712. The van der Waals surface area contributed by atoms with Crippen molar-refractivity contribution in [3.8, 4) is 0 Å². The lowest BCUT2D eigenvalue weighted by atomic mass is 10.0. The van der Waals surface area contributed by atoms with Crippen molar-refractivity contribution >= 4 is 44.6 Å². The highest BCUT2D eigenvalue weighted by molar-refractivity contribution is 9.10. The molecule has 0 N–H and O–H groups in total. The Balaban J connectivity index is 2.24. The molecule has 2 heterocycles. The molecule has 9 heteroatoms. The van der Waals surface area contributed by atoms with Gasteiger partial charge in [0.05, 0.1) is 11.3 Å². The predicted octanol–water partition coefficient (Wildman–Crippen LogP) is 3.48. The van der Waals surface area contributed by atoms with Gasteiger partial charge >= 0.3 is 5.69 Å². The van der Waals surface area contributed by atoms with Crippen LogP contribution in [0, 0.1) is 0 Å². The molecule has 0 saturated heterocycles. The first-order chi connectivity index (χ1) is 14.1. The van der Waals surface area contributed by atoms with E-state index in [0.717, 1.165) is 21.0 Å². The lowest BCUT2D eigenvalue weighted by Crippen LogP contribution is -2.37. The molecule has 0 aliphatic carbocycles. The minimum absolute atomic E-state index is 0.123. The van der Waals surface area contributed by atoms with E-state index in [1.807, 2.05) is 49.6 Å². The molecule has 0 aliphatic heterocycles. The van der Waals surface area contributed by atoms with E-state index in [2.05, 4.69) is 20.9 Å². The smallest absolute Gasteiger partial charge is 0.309 e. The van der Waals surface area contributed by atoms with Crippen molar-refractivity contribution in [2.75, 3.05) is 0 Å². The first kappa shape index (κ1) is 22.6. The van der Waals surface area contributed by atoms with E-state index >= 15 is 0 Å². The van der Waals surface area contributed by atoms with Crippen molar-refractivity contribution in [3.05, 3.63) is 55.1 Å². The third kappa shape index (κ3) is 4.18. The van der Waals surface area contributed by atoms with Crippen molar-refractivity contribution in [1.29, 1.82) is 0 Å². The van der Waals surface area contributed by atoms with Gasteiger partial charge in [-0.05, 0) is 38.0 Å². The number of benzene rings is 1. The van der Waals surface area contributed by atoms with Gasteiger partial charge in [-0.25, -0.2) is 9.78 Å². The number of halogens is 1. The largest absolute Gasteiger partial charge is 0.332 e. The Hall–Kier alpha value is -2.13. The maximum atomic E-state index is 13.0. The Labute approximate surface area is 187 Å². The number of ketones is 1. The van der Waals surface area contributed by atoms with Gasteiger partial charge in [0.25, 0.3) is 5.56 Å². The van der Waals surface area contributed by atoms with E-state index in [0.29, 0.717) is 29.3 Å². The maximum absolute atomic E-state index is 13.0. The Morgan fingerprint density at radius 3 is 2.53 bits per heavy atom. The molecule has 0 amide bonds. The van der Waals surface area contributed by atoms with Crippen LogP contribution in [0.2, 0.25) is 0 Å². The summed E-state index contributed by atoms with van der Waals surface area (Å²) in [5.41, 5.74) is 0.803. The molecule has 0 spiro atoms. The highest BCUT2D eigenvalue weighted by Gasteiger charge is 2.31. The SMILES string of the molecule is CCCC(=O)C(C)(C)Sc1nc2c(c(=O)n(C)c(=O)n2C)n1Cc1cccc(Br)c1. The average molecular weight is 493 g/mol. The standard InChI is InChI=1S/C21H25BrN4O3S/c1-6-8-15(27)21(2,3)30-19-23-17-16(18(28)25(5)20(29)24(17)4)26(19)12-13-9-7-10-14(22)11-13/h7,9-11H,6,8,12H2,1-5H3. The van der Waals surface area contributed by atoms with E-state index in [4.69, 9.17) is 0 Å². The summed E-state index contributed by atoms with van der Waals surface area (Å²) in [7, 11) is 3.06. The van der Waals surface area contributed by atoms with Crippen LogP contribution < -0.4 is 11.2 Å². The second kappa shape index (κ2) is 8.55. The van der Waals surface area contributed by atoms with Crippen LogP contribution >= 0.6 is 27.7 Å². The number of Topliss-reactive ketones (excluding diaryl/α,β-unsaturated/α-hetero) is 1. The monoisotopic (exact) mass is 492 g/mol. The number of fused-ring (bicyclic) bond motifs is 1. The second-order valence-corrected chi connectivity index (χ2v) is 10.3. The van der Waals surface area contributed by atoms with Gasteiger partial charge < -0.3 is 4.57 Å². The van der Waals surface area contributed by atoms with Crippen LogP contribution in [0.25, 0.3) is 11.2 Å². The van der Waals surface area contributed by atoms with Gasteiger partial charge in [0.2, 0.25) is 0 Å². The van der Waals surface area contributed by atoms with Crippen molar-refractivity contribution < 1.29 is 4.79 Å². The molecule has 160 valence electrons. The molecule has 0 unspecified atom stereocenters. The zero-order chi connectivity index (χ0) is 22.2. The number of carbonyl (C=O) groups is 1. The van der Waals surface area contributed by atoms with Crippen molar-refractivity contribution in [2.45, 2.75) is 50.1 Å². The van der Waals surface area contributed by atoms with Gasteiger partial charge in [0.1, 0.15) is 5.78 Å². The Morgan fingerprint density at radius 1 is 1.20 bits per heavy atom. The molecule has 2 aromatic heterocycles. The minimum Gasteiger partial charge on any atom is -0.309 e. The molecular formula is C21H25BrN4O3S. The number of hydrogen-bond acceptors (Lipinski definition) is 5. The van der Waals surface area contributed by atoms with Gasteiger partial charge in [-0.15, -0.1) is 0 Å². The quantitative estimate of drug-likeness (QED) is 0.471. The first-order valence-electron chi connectivity index (χ1n) is 9.69. The number of rotatable bonds is 7. The zero-order valence-corrected chi connectivity index (χ0v) is 20.1. The van der Waals surface area contributed by atoms with E-state index in [1.165, 1.54) is 23.4 Å². The van der Waals surface area contributed by atoms with Crippen LogP contribution in [-0.2, 0) is 25.4 Å². The van der Waals surface area contributed by atoms with Crippen molar-refractivity contribution in [1.82, 2.24) is 18.7 Å². The molecular weight excluding hydrogens is 468 g/mol. The lowest BCUT2D eigenvalue weighted by molar-refractivity contribution is -0.120. The molecule has 7 nitrogen and oxygen atoms in total. The van der Waals surface area contributed by atoms with Crippen LogP contribution in [-0.4, -0.2) is 29.2 Å². The van der Waals surface area contributed by atoms with E-state index in [9.17, 15) is 14.4 Å². The van der Waals surface area contributed by atoms with Crippen LogP contribution in [0.5, 0.6) is 0 Å². The summed E-state index contributed by atoms with van der Waals surface area (Å²) in [5.74, 6) is 0.123. The fraction of sp³-hybridized carbons (Fsp3) is 0.429. The zero-order valence-electron chi connectivity index (χ0n) is 17.7. The summed E-state index contributed by atoms with van der Waals surface area (Å²) in [4.78, 5) is 42.7.